The third-order valence-electron chi connectivity index (χ3n) is 4.12. The maximum Gasteiger partial charge on any atom is 0.251 e. The minimum Gasteiger partial charge on any atom is -0.350 e. The molecule has 1 aromatic rings. The van der Waals surface area contributed by atoms with E-state index in [1.807, 2.05) is 39.8 Å². The lowest BCUT2D eigenvalue weighted by atomic mass is 9.85. The van der Waals surface area contributed by atoms with Crippen molar-refractivity contribution in [3.63, 3.8) is 0 Å². The van der Waals surface area contributed by atoms with Crippen LogP contribution in [0, 0.1) is 0 Å². The zero-order valence-corrected chi connectivity index (χ0v) is 12.8. The first kappa shape index (κ1) is 14.6. The zero-order valence-electron chi connectivity index (χ0n) is 12.8. The second-order valence-electron chi connectivity index (χ2n) is 6.00. The van der Waals surface area contributed by atoms with Gasteiger partial charge in [-0.15, -0.1) is 0 Å². The smallest absolute Gasteiger partial charge is 0.251 e. The van der Waals surface area contributed by atoms with E-state index < -0.39 is 5.41 Å². The number of hydrogen-bond acceptors (Lipinski definition) is 2. The summed E-state index contributed by atoms with van der Waals surface area (Å²) in [5.41, 5.74) is 1.85. The molecule has 0 fully saturated rings. The molecule has 1 atom stereocenters. The van der Waals surface area contributed by atoms with Gasteiger partial charge in [-0.1, -0.05) is 6.92 Å². The molecule has 0 radical (unpaired) electrons. The van der Waals surface area contributed by atoms with E-state index in [4.69, 9.17) is 0 Å². The average molecular weight is 274 g/mol. The van der Waals surface area contributed by atoms with Crippen molar-refractivity contribution in [2.75, 3.05) is 11.9 Å². The maximum absolute atomic E-state index is 12.2. The first-order valence-corrected chi connectivity index (χ1v) is 7.02. The van der Waals surface area contributed by atoms with E-state index in [0.717, 1.165) is 17.7 Å². The van der Waals surface area contributed by atoms with Gasteiger partial charge in [0.15, 0.2) is 0 Å². The quantitative estimate of drug-likeness (QED) is 0.920. The van der Waals surface area contributed by atoms with Crippen molar-refractivity contribution in [3.05, 3.63) is 29.3 Å². The summed E-state index contributed by atoms with van der Waals surface area (Å²) in [6.45, 7) is 7.80. The normalized spacial score (nSPS) is 17.9. The molecular weight excluding hydrogens is 252 g/mol. The minimum atomic E-state index is -0.573. The molecular formula is C16H22N2O2. The molecule has 1 heterocycles. The van der Waals surface area contributed by atoms with Crippen LogP contribution in [0.1, 0.15) is 50.0 Å². The fourth-order valence-corrected chi connectivity index (χ4v) is 2.52. The van der Waals surface area contributed by atoms with Gasteiger partial charge in [0, 0.05) is 24.3 Å². The molecule has 1 N–H and O–H groups in total. The van der Waals surface area contributed by atoms with Crippen LogP contribution < -0.4 is 10.2 Å². The summed E-state index contributed by atoms with van der Waals surface area (Å²) in [7, 11) is 1.77. The van der Waals surface area contributed by atoms with Crippen LogP contribution in [0.15, 0.2) is 18.2 Å². The van der Waals surface area contributed by atoms with E-state index in [0.29, 0.717) is 5.56 Å². The van der Waals surface area contributed by atoms with Crippen molar-refractivity contribution in [2.24, 2.45) is 0 Å². The summed E-state index contributed by atoms with van der Waals surface area (Å²) in [5.74, 6) is -0.0214. The molecule has 0 saturated carbocycles. The second-order valence-corrected chi connectivity index (χ2v) is 6.00. The van der Waals surface area contributed by atoms with Crippen LogP contribution in [0.25, 0.3) is 0 Å². The van der Waals surface area contributed by atoms with Crippen LogP contribution in [0.4, 0.5) is 5.69 Å². The molecule has 0 spiro atoms. The van der Waals surface area contributed by atoms with Gasteiger partial charge in [-0.05, 0) is 51.0 Å². The highest BCUT2D eigenvalue weighted by atomic mass is 16.2. The van der Waals surface area contributed by atoms with Gasteiger partial charge in [-0.3, -0.25) is 9.59 Å². The zero-order chi connectivity index (χ0) is 15.1. The molecule has 2 amide bonds. The number of carbonyl (C=O) groups excluding carboxylic acids is 2. The van der Waals surface area contributed by atoms with Gasteiger partial charge in [-0.2, -0.15) is 0 Å². The van der Waals surface area contributed by atoms with E-state index in [2.05, 4.69) is 5.32 Å². The van der Waals surface area contributed by atoms with Crippen LogP contribution in [0.2, 0.25) is 0 Å². The summed E-state index contributed by atoms with van der Waals surface area (Å²) in [6, 6.07) is 5.62. The number of nitrogens with zero attached hydrogens (tertiary/aromatic N) is 1. The van der Waals surface area contributed by atoms with Crippen LogP contribution in [-0.2, 0) is 10.2 Å². The van der Waals surface area contributed by atoms with Crippen LogP contribution in [-0.4, -0.2) is 24.9 Å². The predicted octanol–water partition coefficient (Wildman–Crippen LogP) is 2.47. The van der Waals surface area contributed by atoms with E-state index in [9.17, 15) is 9.59 Å². The molecule has 2 rings (SSSR count). The Morgan fingerprint density at radius 3 is 2.65 bits per heavy atom. The molecule has 0 saturated heterocycles. The number of likely N-dealkylation sites (N-methyl/N-ethyl adjacent to an activating group) is 1. The van der Waals surface area contributed by atoms with Gasteiger partial charge >= 0.3 is 0 Å². The Morgan fingerprint density at radius 1 is 1.40 bits per heavy atom. The van der Waals surface area contributed by atoms with E-state index in [1.54, 1.807) is 18.0 Å². The third-order valence-corrected chi connectivity index (χ3v) is 4.12. The van der Waals surface area contributed by atoms with Gasteiger partial charge in [0.2, 0.25) is 5.91 Å². The Morgan fingerprint density at radius 2 is 2.05 bits per heavy atom. The largest absolute Gasteiger partial charge is 0.350 e. The van der Waals surface area contributed by atoms with Gasteiger partial charge in [0.1, 0.15) is 0 Å². The summed E-state index contributed by atoms with van der Waals surface area (Å²) >= 11 is 0. The van der Waals surface area contributed by atoms with Gasteiger partial charge in [0.25, 0.3) is 5.91 Å². The minimum absolute atomic E-state index is 0.0620. The predicted molar refractivity (Wildman–Crippen MR) is 80.1 cm³/mol. The van der Waals surface area contributed by atoms with E-state index in [1.165, 1.54) is 0 Å². The molecule has 1 aliphatic rings. The standard InChI is InChI=1S/C16H22N2O2/c1-6-10(2)17-14(19)11-7-8-13-12(9-11)16(3,4)15(20)18(13)5/h7-10H,6H2,1-5H3,(H,17,19). The lowest BCUT2D eigenvalue weighted by Gasteiger charge is -2.17. The Hall–Kier alpha value is -1.84. The Bertz CT molecular complexity index is 564. The SMILES string of the molecule is CCC(C)NC(=O)c1ccc2c(c1)C(C)(C)C(=O)N2C. The number of nitrogens with one attached hydrogen (secondary N) is 1. The van der Waals surface area contributed by atoms with Crippen molar-refractivity contribution in [3.8, 4) is 0 Å². The molecule has 0 bridgehead atoms. The lowest BCUT2D eigenvalue weighted by molar-refractivity contribution is -0.121. The number of anilines is 1. The van der Waals surface area contributed by atoms with E-state index in [-0.39, 0.29) is 17.9 Å². The van der Waals surface area contributed by atoms with Crippen LogP contribution in [0.5, 0.6) is 0 Å². The van der Waals surface area contributed by atoms with Crippen molar-refractivity contribution in [1.29, 1.82) is 0 Å². The first-order chi connectivity index (χ1) is 9.28. The number of rotatable bonds is 3. The average Bonchev–Trinajstić information content (AvgIpc) is 2.60. The highest BCUT2D eigenvalue weighted by Crippen LogP contribution is 2.40. The molecule has 1 aliphatic heterocycles. The number of benzene rings is 1. The van der Waals surface area contributed by atoms with Gasteiger partial charge < -0.3 is 10.2 Å². The molecule has 4 heteroatoms. The number of hydrogen-bond donors (Lipinski definition) is 1. The Labute approximate surface area is 120 Å². The van der Waals surface area contributed by atoms with Crippen molar-refractivity contribution in [1.82, 2.24) is 5.32 Å². The lowest BCUT2D eigenvalue weighted by Crippen LogP contribution is -2.33. The summed E-state index contributed by atoms with van der Waals surface area (Å²) in [5, 5.41) is 2.95. The summed E-state index contributed by atoms with van der Waals surface area (Å²) in [4.78, 5) is 26.1. The molecule has 20 heavy (non-hydrogen) atoms. The monoisotopic (exact) mass is 274 g/mol. The molecule has 1 aromatic carbocycles. The maximum atomic E-state index is 12.2. The highest BCUT2D eigenvalue weighted by molar-refractivity contribution is 6.08. The Kier molecular flexibility index (Phi) is 3.59. The molecule has 1 unspecified atom stereocenters. The van der Waals surface area contributed by atoms with Crippen LogP contribution in [0.3, 0.4) is 0 Å². The van der Waals surface area contributed by atoms with Crippen LogP contribution >= 0.6 is 0 Å². The Balaban J connectivity index is 2.36. The second kappa shape index (κ2) is 4.93. The number of fused-ring (bicyclic) bond motifs is 1. The highest BCUT2D eigenvalue weighted by Gasteiger charge is 2.42. The molecule has 108 valence electrons. The molecule has 0 aromatic heterocycles. The fourth-order valence-electron chi connectivity index (χ4n) is 2.52. The van der Waals surface area contributed by atoms with Crippen molar-refractivity contribution < 1.29 is 9.59 Å². The van der Waals surface area contributed by atoms with Gasteiger partial charge in [0.05, 0.1) is 5.41 Å². The topological polar surface area (TPSA) is 49.4 Å². The summed E-state index contributed by atoms with van der Waals surface area (Å²) in [6.07, 6.45) is 0.892. The molecule has 0 aliphatic carbocycles. The third kappa shape index (κ3) is 2.19. The van der Waals surface area contributed by atoms with E-state index >= 15 is 0 Å². The van der Waals surface area contributed by atoms with Crippen molar-refractivity contribution in [2.45, 2.75) is 45.6 Å². The van der Waals surface area contributed by atoms with Gasteiger partial charge in [-0.25, -0.2) is 0 Å². The number of amides is 2. The molecule has 4 nitrogen and oxygen atoms in total. The van der Waals surface area contributed by atoms with Crippen molar-refractivity contribution >= 4 is 17.5 Å². The summed E-state index contributed by atoms with van der Waals surface area (Å²) < 4.78 is 0. The number of carbonyl (C=O) groups is 2. The fraction of sp³-hybridized carbons (Fsp3) is 0.500. The first-order valence-electron chi connectivity index (χ1n) is 7.02.